The molecule has 3 heteroatoms. The molecule has 1 heterocycles. The maximum absolute atomic E-state index is 12.7. The van der Waals surface area contributed by atoms with Gasteiger partial charge in [0.05, 0.1) is 11.6 Å². The zero-order valence-corrected chi connectivity index (χ0v) is 11.0. The van der Waals surface area contributed by atoms with E-state index in [9.17, 15) is 4.39 Å². The van der Waals surface area contributed by atoms with Gasteiger partial charge in [-0.1, -0.05) is 33.4 Å². The minimum absolute atomic E-state index is 0. The number of hydrogen-bond acceptors (Lipinski definition) is 2. The van der Waals surface area contributed by atoms with Gasteiger partial charge >= 0.3 is 0 Å². The van der Waals surface area contributed by atoms with Crippen LogP contribution in [0.25, 0.3) is 11.6 Å². The van der Waals surface area contributed by atoms with Crippen LogP contribution < -0.4 is 0 Å². The highest BCUT2D eigenvalue weighted by molar-refractivity contribution is 5.89. The van der Waals surface area contributed by atoms with E-state index in [2.05, 4.69) is 11.1 Å². The summed E-state index contributed by atoms with van der Waals surface area (Å²) >= 11 is 0. The molecule has 2 rings (SSSR count). The Morgan fingerprint density at radius 3 is 2.15 bits per heavy atom. The maximum atomic E-state index is 12.7. The molecule has 2 nitrogen and oxygen atoms in total. The first-order valence-corrected chi connectivity index (χ1v) is 6.07. The van der Waals surface area contributed by atoms with E-state index >= 15 is 0 Å². The van der Waals surface area contributed by atoms with E-state index in [0.29, 0.717) is 5.57 Å². The molecule has 0 saturated carbocycles. The average molecular weight is 270 g/mol. The van der Waals surface area contributed by atoms with Gasteiger partial charge < -0.3 is 0 Å². The summed E-state index contributed by atoms with van der Waals surface area (Å²) in [6.45, 7) is 4.00. The van der Waals surface area contributed by atoms with E-state index in [1.54, 1.807) is 42.7 Å². The van der Waals surface area contributed by atoms with Crippen molar-refractivity contribution in [1.29, 1.82) is 5.26 Å². The summed E-state index contributed by atoms with van der Waals surface area (Å²) in [7, 11) is 0. The Morgan fingerprint density at radius 2 is 1.65 bits per heavy atom. The molecule has 0 amide bonds. The molecule has 0 aliphatic carbocycles. The molecular formula is C17H19FN2. The molecule has 0 spiro atoms. The smallest absolute Gasteiger partial charge is 0.123 e. The summed E-state index contributed by atoms with van der Waals surface area (Å²) in [6, 6.07) is 11.6. The number of pyridine rings is 1. The largest absolute Gasteiger partial charge is 0.265 e. The van der Waals surface area contributed by atoms with Gasteiger partial charge in [-0.05, 0) is 41.5 Å². The van der Waals surface area contributed by atoms with Crippen molar-refractivity contribution >= 4 is 11.6 Å². The molecule has 0 unspecified atom stereocenters. The molecule has 1 aromatic heterocycles. The second-order valence-electron chi connectivity index (χ2n) is 3.46. The standard InChI is InChI=1S/C14H9FN2.C2H6.CH4/c15-14-3-1-11(2-4-14)9-13(10-16)12-5-7-17-8-6-12;1-2;/h1-9H;1-2H3;1H4/b13-9-;;. The van der Waals surface area contributed by atoms with Crippen molar-refractivity contribution in [3.8, 4) is 6.07 Å². The number of rotatable bonds is 2. The minimum Gasteiger partial charge on any atom is -0.265 e. The SMILES string of the molecule is C.CC.N#C/C(=C/c1ccc(F)cc1)c1ccncc1. The third-order valence-electron chi connectivity index (χ3n) is 2.29. The molecule has 0 fully saturated rings. The summed E-state index contributed by atoms with van der Waals surface area (Å²) in [5.74, 6) is -0.287. The molecule has 0 saturated heterocycles. The van der Waals surface area contributed by atoms with E-state index in [0.717, 1.165) is 11.1 Å². The Labute approximate surface area is 120 Å². The first kappa shape index (κ1) is 17.5. The highest BCUT2D eigenvalue weighted by Gasteiger charge is 2.00. The van der Waals surface area contributed by atoms with Crippen molar-refractivity contribution in [3.05, 3.63) is 65.7 Å². The van der Waals surface area contributed by atoms with Crippen LogP contribution >= 0.6 is 0 Å². The molecular weight excluding hydrogens is 251 g/mol. The number of halogens is 1. The van der Waals surface area contributed by atoms with Crippen molar-refractivity contribution in [2.24, 2.45) is 0 Å². The van der Waals surface area contributed by atoms with Gasteiger partial charge in [0.15, 0.2) is 0 Å². The van der Waals surface area contributed by atoms with Crippen LogP contribution in [0.15, 0.2) is 48.8 Å². The predicted octanol–water partition coefficient (Wildman–Crippen LogP) is 4.95. The minimum atomic E-state index is -0.287. The van der Waals surface area contributed by atoms with Crippen LogP contribution in [0, 0.1) is 17.1 Å². The van der Waals surface area contributed by atoms with Crippen LogP contribution in [0.2, 0.25) is 0 Å². The van der Waals surface area contributed by atoms with E-state index in [-0.39, 0.29) is 13.2 Å². The number of nitrogens with zero attached hydrogens (tertiary/aromatic N) is 2. The summed E-state index contributed by atoms with van der Waals surface area (Å²) in [6.07, 6.45) is 4.98. The van der Waals surface area contributed by atoms with Gasteiger partial charge in [-0.3, -0.25) is 4.98 Å². The number of allylic oxidation sites excluding steroid dienone is 1. The van der Waals surface area contributed by atoms with E-state index < -0.39 is 0 Å². The molecule has 0 atom stereocenters. The molecule has 2 aromatic rings. The average Bonchev–Trinajstić information content (AvgIpc) is 2.49. The predicted molar refractivity (Wildman–Crippen MR) is 82.2 cm³/mol. The Hall–Kier alpha value is -2.47. The Bertz CT molecular complexity index is 566. The van der Waals surface area contributed by atoms with Crippen molar-refractivity contribution in [3.63, 3.8) is 0 Å². The van der Waals surface area contributed by atoms with Gasteiger partial charge in [-0.25, -0.2) is 4.39 Å². The summed E-state index contributed by atoms with van der Waals surface area (Å²) < 4.78 is 12.7. The molecule has 20 heavy (non-hydrogen) atoms. The lowest BCUT2D eigenvalue weighted by Crippen LogP contribution is -1.83. The fourth-order valence-corrected chi connectivity index (χ4v) is 1.44. The topological polar surface area (TPSA) is 36.7 Å². The van der Waals surface area contributed by atoms with Crippen LogP contribution in [0.4, 0.5) is 4.39 Å². The fraction of sp³-hybridized carbons (Fsp3) is 0.176. The van der Waals surface area contributed by atoms with Crippen molar-refractivity contribution in [1.82, 2.24) is 4.98 Å². The number of nitriles is 1. The molecule has 0 bridgehead atoms. The van der Waals surface area contributed by atoms with Gasteiger partial charge in [0.2, 0.25) is 0 Å². The number of hydrogen-bond donors (Lipinski definition) is 0. The van der Waals surface area contributed by atoms with Gasteiger partial charge in [-0.15, -0.1) is 0 Å². The normalized spacial score (nSPS) is 9.60. The lowest BCUT2D eigenvalue weighted by Gasteiger charge is -1.98. The zero-order valence-electron chi connectivity index (χ0n) is 11.0. The zero-order chi connectivity index (χ0) is 14.1. The third kappa shape index (κ3) is 5.03. The number of aromatic nitrogens is 1. The first-order chi connectivity index (χ1) is 9.29. The molecule has 1 aromatic carbocycles. The highest BCUT2D eigenvalue weighted by Crippen LogP contribution is 2.16. The fourth-order valence-electron chi connectivity index (χ4n) is 1.44. The maximum Gasteiger partial charge on any atom is 0.123 e. The molecule has 0 N–H and O–H groups in total. The second-order valence-corrected chi connectivity index (χ2v) is 3.46. The van der Waals surface area contributed by atoms with Crippen LogP contribution in [-0.4, -0.2) is 4.98 Å². The van der Waals surface area contributed by atoms with Gasteiger partial charge in [0.25, 0.3) is 0 Å². The quantitative estimate of drug-likeness (QED) is 0.724. The van der Waals surface area contributed by atoms with Gasteiger partial charge in [0.1, 0.15) is 5.82 Å². The Balaban J connectivity index is 0.00000115. The van der Waals surface area contributed by atoms with Crippen LogP contribution in [-0.2, 0) is 0 Å². The summed E-state index contributed by atoms with van der Waals surface area (Å²) in [4.78, 5) is 3.89. The lowest BCUT2D eigenvalue weighted by molar-refractivity contribution is 0.628. The van der Waals surface area contributed by atoms with Crippen molar-refractivity contribution in [2.45, 2.75) is 21.3 Å². The summed E-state index contributed by atoms with van der Waals surface area (Å²) in [5.41, 5.74) is 2.12. The highest BCUT2D eigenvalue weighted by atomic mass is 19.1. The van der Waals surface area contributed by atoms with Crippen LogP contribution in [0.5, 0.6) is 0 Å². The summed E-state index contributed by atoms with van der Waals surface area (Å²) in [5, 5.41) is 9.08. The molecule has 0 aliphatic heterocycles. The van der Waals surface area contributed by atoms with Gasteiger partial charge in [0, 0.05) is 12.4 Å². The molecule has 104 valence electrons. The third-order valence-corrected chi connectivity index (χ3v) is 2.29. The lowest BCUT2D eigenvalue weighted by atomic mass is 10.1. The van der Waals surface area contributed by atoms with Crippen LogP contribution in [0.1, 0.15) is 32.4 Å². The Morgan fingerprint density at radius 1 is 1.10 bits per heavy atom. The monoisotopic (exact) mass is 270 g/mol. The van der Waals surface area contributed by atoms with Crippen molar-refractivity contribution < 1.29 is 4.39 Å². The van der Waals surface area contributed by atoms with Gasteiger partial charge in [-0.2, -0.15) is 5.26 Å². The van der Waals surface area contributed by atoms with Crippen molar-refractivity contribution in [2.75, 3.05) is 0 Å². The van der Waals surface area contributed by atoms with E-state index in [1.165, 1.54) is 12.1 Å². The van der Waals surface area contributed by atoms with Crippen LogP contribution in [0.3, 0.4) is 0 Å². The van der Waals surface area contributed by atoms with E-state index in [4.69, 9.17) is 5.26 Å². The number of benzene rings is 1. The first-order valence-electron chi connectivity index (χ1n) is 6.07. The second kappa shape index (κ2) is 9.46. The molecule has 0 radical (unpaired) electrons. The molecule has 0 aliphatic rings. The van der Waals surface area contributed by atoms with E-state index in [1.807, 2.05) is 13.8 Å². The Kier molecular flexibility index (Phi) is 8.29.